The van der Waals surface area contributed by atoms with Gasteiger partial charge in [-0.1, -0.05) is 30.3 Å². The number of hydrogen-bond acceptors (Lipinski definition) is 3. The molecule has 1 saturated heterocycles. The van der Waals surface area contributed by atoms with Crippen molar-refractivity contribution in [1.82, 2.24) is 4.57 Å². The van der Waals surface area contributed by atoms with Crippen molar-refractivity contribution in [3.8, 4) is 0 Å². The van der Waals surface area contributed by atoms with E-state index in [0.29, 0.717) is 0 Å². The number of nitrogens with zero attached hydrogens (tertiary/aromatic N) is 1. The average molecular weight is 249 g/mol. The minimum atomic E-state index is -2.12. The highest BCUT2D eigenvalue weighted by Gasteiger charge is 2.46. The summed E-state index contributed by atoms with van der Waals surface area (Å²) in [4.78, 5) is 0. The van der Waals surface area contributed by atoms with Crippen molar-refractivity contribution >= 4 is 14.8 Å². The lowest BCUT2D eigenvalue weighted by molar-refractivity contribution is 0.203. The van der Waals surface area contributed by atoms with E-state index < -0.39 is 8.72 Å². The van der Waals surface area contributed by atoms with Crippen LogP contribution in [0.3, 0.4) is 0 Å². The summed E-state index contributed by atoms with van der Waals surface area (Å²) in [6.45, 7) is 1.03. The smallest absolute Gasteiger partial charge is 0.382 e. The Morgan fingerprint density at radius 1 is 1.18 bits per heavy atom. The Bertz CT molecular complexity index is 376. The van der Waals surface area contributed by atoms with Crippen LogP contribution in [-0.4, -0.2) is 34.1 Å². The zero-order valence-electron chi connectivity index (χ0n) is 10.4. The molecule has 0 atom stereocenters. The third kappa shape index (κ3) is 2.60. The highest BCUT2D eigenvalue weighted by Crippen LogP contribution is 2.27. The molecule has 3 nitrogen and oxygen atoms in total. The van der Waals surface area contributed by atoms with Gasteiger partial charge in [-0.05, 0) is 24.3 Å². The van der Waals surface area contributed by atoms with E-state index in [0.717, 1.165) is 19.0 Å². The van der Waals surface area contributed by atoms with Crippen LogP contribution < -0.4 is 0 Å². The summed E-state index contributed by atoms with van der Waals surface area (Å²) < 4.78 is 13.5. The van der Waals surface area contributed by atoms with Crippen molar-refractivity contribution in [2.75, 3.05) is 20.8 Å². The Kier molecular flexibility index (Phi) is 3.99. The third-order valence-corrected chi connectivity index (χ3v) is 6.72. The lowest BCUT2D eigenvalue weighted by Gasteiger charge is -2.30. The molecule has 17 heavy (non-hydrogen) atoms. The molecular formula is C13H19NO2Si. The van der Waals surface area contributed by atoms with Crippen LogP contribution in [0, 0.1) is 0 Å². The second kappa shape index (κ2) is 5.49. The number of hydrogen-bond donors (Lipinski definition) is 0. The van der Waals surface area contributed by atoms with Crippen molar-refractivity contribution in [2.45, 2.75) is 12.5 Å². The maximum absolute atomic E-state index is 5.64. The van der Waals surface area contributed by atoms with Gasteiger partial charge in [-0.15, -0.1) is 0 Å². The maximum Gasteiger partial charge on any atom is 0.458 e. The van der Waals surface area contributed by atoms with Crippen LogP contribution in [0.5, 0.6) is 0 Å². The average Bonchev–Trinajstić information content (AvgIpc) is 2.81. The molecule has 0 spiro atoms. The molecule has 1 aliphatic rings. The van der Waals surface area contributed by atoms with E-state index in [9.17, 15) is 0 Å². The second-order valence-electron chi connectivity index (χ2n) is 4.14. The molecule has 1 aromatic carbocycles. The zero-order valence-corrected chi connectivity index (χ0v) is 11.4. The molecular weight excluding hydrogens is 230 g/mol. The quantitative estimate of drug-likeness (QED) is 0.766. The summed E-state index contributed by atoms with van der Waals surface area (Å²) in [6, 6.07) is 11.3. The van der Waals surface area contributed by atoms with Gasteiger partial charge in [0.2, 0.25) is 0 Å². The van der Waals surface area contributed by atoms with E-state index in [1.54, 1.807) is 14.2 Å². The van der Waals surface area contributed by atoms with Crippen LogP contribution in [0.15, 0.2) is 36.5 Å². The molecule has 2 rings (SSSR count). The molecule has 0 bridgehead atoms. The highest BCUT2D eigenvalue weighted by atomic mass is 28.4. The molecule has 0 N–H and O–H groups in total. The zero-order chi connectivity index (χ0) is 12.1. The Morgan fingerprint density at radius 3 is 2.53 bits per heavy atom. The van der Waals surface area contributed by atoms with E-state index in [1.807, 2.05) is 18.2 Å². The van der Waals surface area contributed by atoms with Gasteiger partial charge in [0.05, 0.1) is 0 Å². The summed E-state index contributed by atoms with van der Waals surface area (Å²) in [5.41, 5.74) is 1.20. The Balaban J connectivity index is 2.10. The molecule has 0 aliphatic carbocycles. The number of benzene rings is 1. The van der Waals surface area contributed by atoms with Crippen LogP contribution in [0.4, 0.5) is 0 Å². The third-order valence-electron chi connectivity index (χ3n) is 3.21. The summed E-state index contributed by atoms with van der Waals surface area (Å²) in [5.74, 6) is 0. The summed E-state index contributed by atoms with van der Waals surface area (Å²) in [5, 5.41) is 0. The van der Waals surface area contributed by atoms with Crippen molar-refractivity contribution < 1.29 is 8.85 Å². The molecule has 0 radical (unpaired) electrons. The summed E-state index contributed by atoms with van der Waals surface area (Å²) in [7, 11) is 1.39. The fourth-order valence-corrected chi connectivity index (χ4v) is 4.97. The molecule has 4 heteroatoms. The molecule has 0 amide bonds. The lowest BCUT2D eigenvalue weighted by atomic mass is 10.2. The standard InChI is InChI=1S/C13H19NO2Si/c1-15-17(16-2)12-6-10-14(17)11-9-13-7-4-3-5-8-13/h3-5,7-9,11H,6,10,12H2,1-2H3. The van der Waals surface area contributed by atoms with Gasteiger partial charge in [0.1, 0.15) is 0 Å². The van der Waals surface area contributed by atoms with Gasteiger partial charge < -0.3 is 13.4 Å². The molecule has 0 aromatic heterocycles. The fraction of sp³-hybridized carbons (Fsp3) is 0.385. The first-order valence-corrected chi connectivity index (χ1v) is 7.88. The topological polar surface area (TPSA) is 21.7 Å². The van der Waals surface area contributed by atoms with Crippen molar-refractivity contribution in [1.29, 1.82) is 0 Å². The van der Waals surface area contributed by atoms with E-state index >= 15 is 0 Å². The van der Waals surface area contributed by atoms with Crippen molar-refractivity contribution in [3.63, 3.8) is 0 Å². The van der Waals surface area contributed by atoms with Crippen molar-refractivity contribution in [2.24, 2.45) is 0 Å². The number of rotatable bonds is 4. The van der Waals surface area contributed by atoms with Gasteiger partial charge in [0.25, 0.3) is 0 Å². The second-order valence-corrected chi connectivity index (χ2v) is 7.46. The van der Waals surface area contributed by atoms with Crippen molar-refractivity contribution in [3.05, 3.63) is 42.1 Å². The first-order valence-electron chi connectivity index (χ1n) is 5.91. The molecule has 0 unspecified atom stereocenters. The Morgan fingerprint density at radius 2 is 1.88 bits per heavy atom. The Hall–Kier alpha value is -1.10. The monoisotopic (exact) mass is 249 g/mol. The molecule has 1 heterocycles. The van der Waals surface area contributed by atoms with E-state index in [-0.39, 0.29) is 0 Å². The van der Waals surface area contributed by atoms with Gasteiger partial charge in [0, 0.05) is 26.8 Å². The van der Waals surface area contributed by atoms with Gasteiger partial charge in [0.15, 0.2) is 0 Å². The molecule has 1 aromatic rings. The predicted molar refractivity (Wildman–Crippen MR) is 71.4 cm³/mol. The fourth-order valence-electron chi connectivity index (χ4n) is 2.24. The van der Waals surface area contributed by atoms with Gasteiger partial charge >= 0.3 is 8.72 Å². The molecule has 92 valence electrons. The van der Waals surface area contributed by atoms with Gasteiger partial charge in [-0.25, -0.2) is 0 Å². The van der Waals surface area contributed by atoms with E-state index in [4.69, 9.17) is 8.85 Å². The first-order chi connectivity index (χ1) is 8.30. The van der Waals surface area contributed by atoms with Crippen LogP contribution in [0.1, 0.15) is 12.0 Å². The Labute approximate surface area is 104 Å². The minimum Gasteiger partial charge on any atom is -0.382 e. The summed E-state index contributed by atoms with van der Waals surface area (Å²) in [6.07, 6.45) is 5.37. The molecule has 1 aliphatic heterocycles. The van der Waals surface area contributed by atoms with Crippen LogP contribution >= 0.6 is 0 Å². The molecule has 1 fully saturated rings. The van der Waals surface area contributed by atoms with Crippen LogP contribution in [0.2, 0.25) is 6.04 Å². The maximum atomic E-state index is 5.64. The minimum absolute atomic E-state index is 1.03. The SMILES string of the molecule is CO[Si]1(OC)CCCN1C=Cc1ccccc1. The van der Waals surface area contributed by atoms with E-state index in [2.05, 4.69) is 29.0 Å². The first kappa shape index (κ1) is 12.4. The van der Waals surface area contributed by atoms with Gasteiger partial charge in [-0.3, -0.25) is 0 Å². The summed E-state index contributed by atoms with van der Waals surface area (Å²) >= 11 is 0. The normalized spacial score (nSPS) is 19.1. The molecule has 0 saturated carbocycles. The van der Waals surface area contributed by atoms with Crippen LogP contribution in [-0.2, 0) is 8.85 Å². The van der Waals surface area contributed by atoms with Crippen LogP contribution in [0.25, 0.3) is 6.08 Å². The predicted octanol–water partition coefficient (Wildman–Crippen LogP) is 2.59. The van der Waals surface area contributed by atoms with E-state index in [1.165, 1.54) is 5.56 Å². The highest BCUT2D eigenvalue weighted by molar-refractivity contribution is 6.65. The lowest BCUT2D eigenvalue weighted by Crippen LogP contribution is -2.50. The largest absolute Gasteiger partial charge is 0.458 e. The van der Waals surface area contributed by atoms with Gasteiger partial charge in [-0.2, -0.15) is 0 Å².